The number of carbonyl (C=O) groups excluding carboxylic acids is 1. The monoisotopic (exact) mass is 324 g/mol. The Labute approximate surface area is 138 Å². The number of rotatable bonds is 6. The fourth-order valence-corrected chi connectivity index (χ4v) is 2.04. The van der Waals surface area contributed by atoms with Gasteiger partial charge in [0.25, 0.3) is 0 Å². The largest absolute Gasteiger partial charge is 0.494 e. The summed E-state index contributed by atoms with van der Waals surface area (Å²) < 4.78 is 12.3. The maximum Gasteiger partial charge on any atom is 0.343 e. The van der Waals surface area contributed by atoms with E-state index in [-0.39, 0.29) is 0 Å². The Morgan fingerprint density at radius 2 is 1.92 bits per heavy atom. The van der Waals surface area contributed by atoms with Gasteiger partial charge in [0.2, 0.25) is 0 Å². The van der Waals surface area contributed by atoms with Crippen LogP contribution >= 0.6 is 0 Å². The summed E-state index contributed by atoms with van der Waals surface area (Å²) in [6.07, 6.45) is 2.40. The molecular weight excluding hydrogens is 308 g/mol. The van der Waals surface area contributed by atoms with E-state index < -0.39 is 5.97 Å². The topological polar surface area (TPSA) is 79.1 Å². The predicted octanol–water partition coefficient (Wildman–Crippen LogP) is 2.67. The first-order valence-corrected chi connectivity index (χ1v) is 7.55. The second-order valence-electron chi connectivity index (χ2n) is 5.01. The summed E-state index contributed by atoms with van der Waals surface area (Å²) in [7, 11) is 0. The van der Waals surface area contributed by atoms with Crippen LogP contribution in [-0.4, -0.2) is 32.8 Å². The number of hydrogen-bond acceptors (Lipinski definition) is 6. The van der Waals surface area contributed by atoms with E-state index in [4.69, 9.17) is 9.47 Å². The fraction of sp³-hybridized carbons (Fsp3) is 0.176. The van der Waals surface area contributed by atoms with Crippen molar-refractivity contribution in [2.75, 3.05) is 6.61 Å². The second-order valence-corrected chi connectivity index (χ2v) is 5.01. The first-order valence-electron chi connectivity index (χ1n) is 7.55. The number of tetrazole rings is 1. The maximum atomic E-state index is 12.3. The highest BCUT2D eigenvalue weighted by atomic mass is 16.5. The lowest BCUT2D eigenvalue weighted by Crippen LogP contribution is -2.09. The van der Waals surface area contributed by atoms with Gasteiger partial charge in [0.05, 0.1) is 17.9 Å². The van der Waals surface area contributed by atoms with Crippen LogP contribution in [0, 0.1) is 0 Å². The molecule has 0 atom stereocenters. The van der Waals surface area contributed by atoms with E-state index in [0.717, 1.165) is 12.2 Å². The highest BCUT2D eigenvalue weighted by molar-refractivity contribution is 5.91. The lowest BCUT2D eigenvalue weighted by molar-refractivity contribution is 0.0734. The van der Waals surface area contributed by atoms with E-state index in [1.807, 2.05) is 6.92 Å². The van der Waals surface area contributed by atoms with E-state index in [9.17, 15) is 4.79 Å². The molecule has 3 rings (SSSR count). The minimum Gasteiger partial charge on any atom is -0.494 e. The van der Waals surface area contributed by atoms with E-state index >= 15 is 0 Å². The van der Waals surface area contributed by atoms with Crippen LogP contribution in [0.2, 0.25) is 0 Å². The van der Waals surface area contributed by atoms with E-state index in [1.165, 1.54) is 11.0 Å². The number of esters is 1. The average molecular weight is 324 g/mol. The number of hydrogen-bond donors (Lipinski definition) is 0. The third-order valence-corrected chi connectivity index (χ3v) is 3.20. The molecule has 0 aliphatic carbocycles. The summed E-state index contributed by atoms with van der Waals surface area (Å²) in [6.45, 7) is 2.70. The molecule has 1 heterocycles. The molecule has 0 saturated heterocycles. The number of aromatic nitrogens is 4. The highest BCUT2D eigenvalue weighted by Crippen LogP contribution is 2.19. The lowest BCUT2D eigenvalue weighted by atomic mass is 10.2. The summed E-state index contributed by atoms with van der Waals surface area (Å²) in [5.41, 5.74) is 1.09. The van der Waals surface area contributed by atoms with Gasteiger partial charge in [-0.3, -0.25) is 0 Å². The van der Waals surface area contributed by atoms with Crippen molar-refractivity contribution in [3.8, 4) is 17.2 Å². The summed E-state index contributed by atoms with van der Waals surface area (Å²) in [5, 5.41) is 10.9. The van der Waals surface area contributed by atoms with Gasteiger partial charge >= 0.3 is 5.97 Å². The average Bonchev–Trinajstić information content (AvgIpc) is 3.16. The van der Waals surface area contributed by atoms with Crippen molar-refractivity contribution < 1.29 is 14.3 Å². The number of benzene rings is 2. The molecule has 0 N–H and O–H groups in total. The van der Waals surface area contributed by atoms with E-state index in [0.29, 0.717) is 23.6 Å². The van der Waals surface area contributed by atoms with Crippen molar-refractivity contribution in [1.29, 1.82) is 0 Å². The van der Waals surface area contributed by atoms with Gasteiger partial charge in [-0.05, 0) is 59.3 Å². The fourth-order valence-electron chi connectivity index (χ4n) is 2.04. The Morgan fingerprint density at radius 1 is 1.12 bits per heavy atom. The van der Waals surface area contributed by atoms with Gasteiger partial charge in [0.15, 0.2) is 0 Å². The van der Waals surface area contributed by atoms with Gasteiger partial charge in [0, 0.05) is 0 Å². The third kappa shape index (κ3) is 3.75. The zero-order valence-electron chi connectivity index (χ0n) is 13.1. The first-order chi connectivity index (χ1) is 11.8. The quantitative estimate of drug-likeness (QED) is 0.512. The molecule has 0 saturated carbocycles. The van der Waals surface area contributed by atoms with Gasteiger partial charge in [-0.25, -0.2) is 9.48 Å². The maximum absolute atomic E-state index is 12.3. The summed E-state index contributed by atoms with van der Waals surface area (Å²) in [6, 6.07) is 13.8. The summed E-state index contributed by atoms with van der Waals surface area (Å²) in [5.74, 6) is 0.751. The molecule has 0 fully saturated rings. The zero-order chi connectivity index (χ0) is 16.8. The minimum atomic E-state index is -0.452. The first kappa shape index (κ1) is 15.7. The summed E-state index contributed by atoms with van der Waals surface area (Å²) in [4.78, 5) is 12.3. The van der Waals surface area contributed by atoms with Crippen LogP contribution in [0.1, 0.15) is 23.7 Å². The van der Waals surface area contributed by atoms with Crippen LogP contribution in [0.25, 0.3) is 5.69 Å². The van der Waals surface area contributed by atoms with Gasteiger partial charge in [0.1, 0.15) is 17.8 Å². The Hall–Kier alpha value is -3.22. The van der Waals surface area contributed by atoms with Crippen molar-refractivity contribution in [3.05, 3.63) is 60.4 Å². The molecule has 0 amide bonds. The zero-order valence-corrected chi connectivity index (χ0v) is 13.1. The Bertz CT molecular complexity index is 801. The number of carbonyl (C=O) groups is 1. The number of ether oxygens (including phenoxy) is 2. The Balaban J connectivity index is 1.70. The minimum absolute atomic E-state index is 0.411. The molecular formula is C17H16N4O3. The van der Waals surface area contributed by atoms with Crippen LogP contribution in [0.15, 0.2) is 54.9 Å². The Morgan fingerprint density at radius 3 is 2.62 bits per heavy atom. The van der Waals surface area contributed by atoms with Crippen molar-refractivity contribution in [2.45, 2.75) is 13.3 Å². The van der Waals surface area contributed by atoms with E-state index in [2.05, 4.69) is 15.5 Å². The molecule has 0 spiro atoms. The molecule has 0 bridgehead atoms. The van der Waals surface area contributed by atoms with Crippen LogP contribution in [0.4, 0.5) is 0 Å². The normalized spacial score (nSPS) is 10.4. The smallest absolute Gasteiger partial charge is 0.343 e. The number of nitrogens with zero attached hydrogens (tertiary/aromatic N) is 4. The molecule has 1 aromatic heterocycles. The van der Waals surface area contributed by atoms with Crippen molar-refractivity contribution >= 4 is 5.97 Å². The molecule has 2 aromatic carbocycles. The molecule has 0 unspecified atom stereocenters. The molecule has 24 heavy (non-hydrogen) atoms. The standard InChI is InChI=1S/C17H16N4O3/c1-2-10-23-15-6-8-16(9-7-15)24-17(22)13-4-3-5-14(11-13)21-12-18-19-20-21/h3-9,11-12H,2,10H2,1H3. The molecule has 0 radical (unpaired) electrons. The van der Waals surface area contributed by atoms with Crippen LogP contribution in [0.3, 0.4) is 0 Å². The molecule has 3 aromatic rings. The molecule has 7 heteroatoms. The Kier molecular flexibility index (Phi) is 4.81. The molecule has 7 nitrogen and oxygen atoms in total. The van der Waals surface area contributed by atoms with Gasteiger partial charge in [-0.2, -0.15) is 0 Å². The van der Waals surface area contributed by atoms with Crippen molar-refractivity contribution in [3.63, 3.8) is 0 Å². The van der Waals surface area contributed by atoms with Crippen molar-refractivity contribution in [1.82, 2.24) is 20.2 Å². The molecule has 122 valence electrons. The van der Waals surface area contributed by atoms with Gasteiger partial charge in [-0.1, -0.05) is 13.0 Å². The highest BCUT2D eigenvalue weighted by Gasteiger charge is 2.10. The molecule has 0 aliphatic rings. The molecule has 0 aliphatic heterocycles. The van der Waals surface area contributed by atoms with Crippen LogP contribution in [0.5, 0.6) is 11.5 Å². The van der Waals surface area contributed by atoms with E-state index in [1.54, 1.807) is 48.5 Å². The second kappa shape index (κ2) is 7.36. The SMILES string of the molecule is CCCOc1ccc(OC(=O)c2cccc(-n3cnnn3)c2)cc1. The van der Waals surface area contributed by atoms with Crippen molar-refractivity contribution in [2.24, 2.45) is 0 Å². The lowest BCUT2D eigenvalue weighted by Gasteiger charge is -2.07. The predicted molar refractivity (Wildman–Crippen MR) is 86.3 cm³/mol. The van der Waals surface area contributed by atoms with Gasteiger partial charge < -0.3 is 9.47 Å². The third-order valence-electron chi connectivity index (χ3n) is 3.20. The van der Waals surface area contributed by atoms with Crippen LogP contribution < -0.4 is 9.47 Å². The summed E-state index contributed by atoms with van der Waals surface area (Å²) >= 11 is 0. The van der Waals surface area contributed by atoms with Crippen LogP contribution in [-0.2, 0) is 0 Å². The van der Waals surface area contributed by atoms with Gasteiger partial charge in [-0.15, -0.1) is 5.10 Å².